The first-order valence-corrected chi connectivity index (χ1v) is 8.39. The summed E-state index contributed by atoms with van der Waals surface area (Å²) in [6.07, 6.45) is 0.145. The van der Waals surface area contributed by atoms with Crippen LogP contribution in [0.25, 0.3) is 0 Å². The van der Waals surface area contributed by atoms with Gasteiger partial charge in [0.05, 0.1) is 0 Å². The summed E-state index contributed by atoms with van der Waals surface area (Å²) < 4.78 is 0. The third kappa shape index (κ3) is 4.71. The Morgan fingerprint density at radius 1 is 1.20 bits per heavy atom. The van der Waals surface area contributed by atoms with Gasteiger partial charge in [-0.1, -0.05) is 18.2 Å². The number of carbonyl (C=O) groups is 3. The van der Waals surface area contributed by atoms with E-state index in [1.807, 2.05) is 32.9 Å². The van der Waals surface area contributed by atoms with Crippen LogP contribution >= 0.6 is 0 Å². The summed E-state index contributed by atoms with van der Waals surface area (Å²) in [6.45, 7) is 6.42. The van der Waals surface area contributed by atoms with Crippen LogP contribution in [0, 0.1) is 0 Å². The molecule has 1 aromatic carbocycles. The van der Waals surface area contributed by atoms with Crippen molar-refractivity contribution in [3.63, 3.8) is 0 Å². The molecule has 1 aromatic rings. The third-order valence-electron chi connectivity index (χ3n) is 3.91. The average molecular weight is 347 g/mol. The molecule has 3 N–H and O–H groups in total. The second-order valence-corrected chi connectivity index (χ2v) is 7.17. The lowest BCUT2D eigenvalue weighted by atomic mass is 10.0. The molecule has 0 aliphatic carbocycles. The van der Waals surface area contributed by atoms with E-state index < -0.39 is 17.7 Å². The minimum Gasteiger partial charge on any atom is -0.465 e. The highest BCUT2D eigenvalue weighted by Crippen LogP contribution is 2.34. The van der Waals surface area contributed by atoms with Crippen LogP contribution in [-0.2, 0) is 4.79 Å². The highest BCUT2D eigenvalue weighted by Gasteiger charge is 2.41. The molecular formula is C18H25N3O4. The van der Waals surface area contributed by atoms with Crippen molar-refractivity contribution in [2.75, 3.05) is 13.1 Å². The van der Waals surface area contributed by atoms with Crippen LogP contribution in [0.15, 0.2) is 24.3 Å². The Hall–Kier alpha value is -2.57. The monoisotopic (exact) mass is 347 g/mol. The molecule has 25 heavy (non-hydrogen) atoms. The molecule has 0 aromatic heterocycles. The van der Waals surface area contributed by atoms with Crippen molar-refractivity contribution in [2.24, 2.45) is 0 Å². The molecule has 1 atom stereocenters. The average Bonchev–Trinajstić information content (AvgIpc) is 2.78. The zero-order chi connectivity index (χ0) is 18.6. The van der Waals surface area contributed by atoms with E-state index in [1.165, 1.54) is 0 Å². The number of unbranched alkanes of at least 4 members (excludes halogenated alkanes) is 1. The maximum atomic E-state index is 12.8. The lowest BCUT2D eigenvalue weighted by Gasteiger charge is -2.28. The Labute approximate surface area is 147 Å². The number of nitrogens with one attached hydrogen (secondary N) is 2. The third-order valence-corrected chi connectivity index (χ3v) is 3.91. The van der Waals surface area contributed by atoms with Crippen molar-refractivity contribution >= 4 is 17.9 Å². The molecule has 3 amide bonds. The quantitative estimate of drug-likeness (QED) is 0.687. The molecule has 0 saturated carbocycles. The predicted molar refractivity (Wildman–Crippen MR) is 93.4 cm³/mol. The maximum Gasteiger partial charge on any atom is 0.404 e. The van der Waals surface area contributed by atoms with Gasteiger partial charge in [-0.15, -0.1) is 0 Å². The second kappa shape index (κ2) is 7.55. The molecule has 136 valence electrons. The van der Waals surface area contributed by atoms with Crippen LogP contribution in [0.4, 0.5) is 4.79 Å². The lowest BCUT2D eigenvalue weighted by Crippen LogP contribution is -2.47. The number of benzene rings is 1. The molecule has 1 unspecified atom stereocenters. The second-order valence-electron chi connectivity index (χ2n) is 7.17. The number of fused-ring (bicyclic) bond motifs is 1. The number of carboxylic acid groups (broad SMARTS) is 1. The highest BCUT2D eigenvalue weighted by molar-refractivity contribution is 6.04. The van der Waals surface area contributed by atoms with E-state index in [0.29, 0.717) is 31.5 Å². The van der Waals surface area contributed by atoms with Crippen LogP contribution in [0.1, 0.15) is 55.6 Å². The number of hydrogen-bond donors (Lipinski definition) is 3. The fourth-order valence-corrected chi connectivity index (χ4v) is 2.92. The molecule has 0 radical (unpaired) electrons. The van der Waals surface area contributed by atoms with Gasteiger partial charge in [0.1, 0.15) is 6.04 Å². The van der Waals surface area contributed by atoms with E-state index >= 15 is 0 Å². The lowest BCUT2D eigenvalue weighted by molar-refractivity contribution is -0.127. The molecule has 7 nitrogen and oxygen atoms in total. The van der Waals surface area contributed by atoms with Crippen LogP contribution in [0.5, 0.6) is 0 Å². The van der Waals surface area contributed by atoms with Gasteiger partial charge in [0.25, 0.3) is 5.91 Å². The van der Waals surface area contributed by atoms with E-state index in [2.05, 4.69) is 10.6 Å². The first-order valence-electron chi connectivity index (χ1n) is 8.39. The summed E-state index contributed by atoms with van der Waals surface area (Å²) >= 11 is 0. The zero-order valence-electron chi connectivity index (χ0n) is 14.8. The van der Waals surface area contributed by atoms with Crippen LogP contribution < -0.4 is 10.6 Å². The van der Waals surface area contributed by atoms with Crippen LogP contribution in [-0.4, -0.2) is 46.5 Å². The van der Waals surface area contributed by atoms with E-state index in [0.717, 1.165) is 5.56 Å². The van der Waals surface area contributed by atoms with Gasteiger partial charge in [-0.25, -0.2) is 4.79 Å². The van der Waals surface area contributed by atoms with Crippen molar-refractivity contribution in [1.29, 1.82) is 0 Å². The van der Waals surface area contributed by atoms with Gasteiger partial charge in [-0.3, -0.25) is 9.59 Å². The molecule has 0 bridgehead atoms. The number of carbonyl (C=O) groups excluding carboxylic acids is 2. The first-order chi connectivity index (χ1) is 11.7. The van der Waals surface area contributed by atoms with E-state index in [4.69, 9.17) is 5.11 Å². The predicted octanol–water partition coefficient (Wildman–Crippen LogP) is 2.15. The standard InChI is InChI=1S/C18H25N3O4/c1-18(2,3)20-15(22)14-12-8-4-5-9-13(12)16(23)21(14)11-7-6-10-19-17(24)25/h4-5,8-9,14,19H,6-7,10-11H2,1-3H3,(H,20,22)(H,24,25). The largest absolute Gasteiger partial charge is 0.465 e. The Bertz CT molecular complexity index is 667. The normalized spacial score (nSPS) is 16.5. The van der Waals surface area contributed by atoms with Crippen molar-refractivity contribution in [3.8, 4) is 0 Å². The number of nitrogens with zero attached hydrogens (tertiary/aromatic N) is 1. The fourth-order valence-electron chi connectivity index (χ4n) is 2.92. The Balaban J connectivity index is 2.11. The minimum absolute atomic E-state index is 0.157. The van der Waals surface area contributed by atoms with Crippen molar-refractivity contribution in [2.45, 2.75) is 45.2 Å². The molecule has 1 aliphatic heterocycles. The fraction of sp³-hybridized carbons (Fsp3) is 0.500. The molecule has 0 spiro atoms. The topological polar surface area (TPSA) is 98.7 Å². The van der Waals surface area contributed by atoms with Gasteiger partial charge in [0, 0.05) is 24.2 Å². The Morgan fingerprint density at radius 3 is 2.52 bits per heavy atom. The number of hydrogen-bond acceptors (Lipinski definition) is 3. The van der Waals surface area contributed by atoms with E-state index in [-0.39, 0.29) is 11.8 Å². The van der Waals surface area contributed by atoms with Gasteiger partial charge in [-0.05, 0) is 45.2 Å². The smallest absolute Gasteiger partial charge is 0.404 e. The maximum absolute atomic E-state index is 12.8. The first kappa shape index (κ1) is 18.8. The van der Waals surface area contributed by atoms with Crippen LogP contribution in [0.3, 0.4) is 0 Å². The summed E-state index contributed by atoms with van der Waals surface area (Å²) in [7, 11) is 0. The molecule has 0 fully saturated rings. The molecular weight excluding hydrogens is 322 g/mol. The summed E-state index contributed by atoms with van der Waals surface area (Å²) in [5.74, 6) is -0.356. The highest BCUT2D eigenvalue weighted by atomic mass is 16.4. The van der Waals surface area contributed by atoms with Gasteiger partial charge in [0.15, 0.2) is 0 Å². The van der Waals surface area contributed by atoms with Gasteiger partial charge >= 0.3 is 6.09 Å². The SMILES string of the molecule is CC(C)(C)NC(=O)C1c2ccccc2C(=O)N1CCCCNC(=O)O. The van der Waals surface area contributed by atoms with Crippen molar-refractivity contribution < 1.29 is 19.5 Å². The van der Waals surface area contributed by atoms with Crippen molar-refractivity contribution in [3.05, 3.63) is 35.4 Å². The number of amides is 3. The van der Waals surface area contributed by atoms with Gasteiger partial charge < -0.3 is 20.6 Å². The summed E-state index contributed by atoms with van der Waals surface area (Å²) in [4.78, 5) is 37.5. The summed E-state index contributed by atoms with van der Waals surface area (Å²) in [6, 6.07) is 6.52. The Kier molecular flexibility index (Phi) is 5.66. The van der Waals surface area contributed by atoms with Gasteiger partial charge in [-0.2, -0.15) is 0 Å². The van der Waals surface area contributed by atoms with Crippen LogP contribution in [0.2, 0.25) is 0 Å². The minimum atomic E-state index is -1.06. The molecule has 1 aliphatic rings. The zero-order valence-corrected chi connectivity index (χ0v) is 14.8. The molecule has 2 rings (SSSR count). The van der Waals surface area contributed by atoms with Crippen molar-refractivity contribution in [1.82, 2.24) is 15.5 Å². The molecule has 1 heterocycles. The van der Waals surface area contributed by atoms with E-state index in [9.17, 15) is 14.4 Å². The summed E-state index contributed by atoms with van der Waals surface area (Å²) in [5, 5.41) is 13.8. The molecule has 0 saturated heterocycles. The Morgan fingerprint density at radius 2 is 1.88 bits per heavy atom. The van der Waals surface area contributed by atoms with Gasteiger partial charge in [0.2, 0.25) is 5.91 Å². The van der Waals surface area contributed by atoms with E-state index in [1.54, 1.807) is 17.0 Å². The number of rotatable bonds is 6. The molecule has 7 heteroatoms. The summed E-state index contributed by atoms with van der Waals surface area (Å²) in [5.41, 5.74) is 0.882.